The van der Waals surface area contributed by atoms with Crippen molar-refractivity contribution in [3.05, 3.63) is 47.8 Å². The lowest BCUT2D eigenvalue weighted by atomic mass is 9.47. The molecule has 4 aliphatic carbocycles. The van der Waals surface area contributed by atoms with Crippen LogP contribution >= 0.6 is 0 Å². The van der Waals surface area contributed by atoms with Crippen molar-refractivity contribution in [1.82, 2.24) is 10.5 Å². The number of ether oxygens (including phenoxy) is 1. The Morgan fingerprint density at radius 2 is 1.86 bits per heavy atom. The molecule has 1 heterocycles. The van der Waals surface area contributed by atoms with E-state index in [1.807, 2.05) is 12.4 Å². The number of fused-ring (bicyclic) bond motifs is 5. The second-order valence-corrected chi connectivity index (χ2v) is 12.3. The molecule has 0 saturated heterocycles. The van der Waals surface area contributed by atoms with E-state index in [0.717, 1.165) is 32.1 Å². The molecule has 2 N–H and O–H groups in total. The van der Waals surface area contributed by atoms with E-state index in [4.69, 9.17) is 9.94 Å². The standard InChI is InChI=1S/C31H42N2O4/c1-30-16-14-23(37-29(35)9-5-3-4-8-28(34)33-36)19-22(30)10-11-24-26-13-12-25(21-7-6-18-32-20-21)31(26,2)17-15-27(24)30/h6-7,10,12,18,20,23-24,26-27,36H,3-5,8-9,11,13-17,19H2,1-2H3,(H,33,34)/t23-,24+,26+,27+,30+,31-/m1/s1. The molecule has 0 radical (unpaired) electrons. The zero-order valence-corrected chi connectivity index (χ0v) is 22.4. The number of esters is 1. The molecular formula is C31H42N2O4. The van der Waals surface area contributed by atoms with Crippen LogP contribution in [0.5, 0.6) is 0 Å². The van der Waals surface area contributed by atoms with Crippen LogP contribution in [-0.2, 0) is 14.3 Å². The number of unbranched alkanes of at least 4 members (excludes halogenated alkanes) is 2. The molecule has 37 heavy (non-hydrogen) atoms. The molecule has 0 unspecified atom stereocenters. The molecular weight excluding hydrogens is 464 g/mol. The van der Waals surface area contributed by atoms with Crippen LogP contribution in [-0.4, -0.2) is 28.2 Å². The van der Waals surface area contributed by atoms with Gasteiger partial charge in [0.1, 0.15) is 6.10 Å². The quantitative estimate of drug-likeness (QED) is 0.140. The summed E-state index contributed by atoms with van der Waals surface area (Å²) in [7, 11) is 0. The van der Waals surface area contributed by atoms with Crippen LogP contribution in [0.4, 0.5) is 0 Å². The van der Waals surface area contributed by atoms with Crippen LogP contribution in [0.2, 0.25) is 0 Å². The van der Waals surface area contributed by atoms with Crippen molar-refractivity contribution in [2.75, 3.05) is 0 Å². The number of nitrogens with one attached hydrogen (secondary N) is 1. The van der Waals surface area contributed by atoms with Gasteiger partial charge in [-0.15, -0.1) is 0 Å². The summed E-state index contributed by atoms with van der Waals surface area (Å²) < 4.78 is 5.91. The molecule has 6 nitrogen and oxygen atoms in total. The minimum Gasteiger partial charge on any atom is -0.462 e. The highest BCUT2D eigenvalue weighted by molar-refractivity contribution is 5.74. The third kappa shape index (κ3) is 5.01. The summed E-state index contributed by atoms with van der Waals surface area (Å²) in [6.07, 6.45) is 19.5. The molecule has 6 heteroatoms. The molecule has 0 spiro atoms. The van der Waals surface area contributed by atoms with E-state index in [0.29, 0.717) is 37.0 Å². The lowest BCUT2D eigenvalue weighted by molar-refractivity contribution is -0.151. The van der Waals surface area contributed by atoms with Crippen molar-refractivity contribution in [3.8, 4) is 0 Å². The Kier molecular flexibility index (Phi) is 7.58. The Bertz CT molecular complexity index is 1070. The molecule has 1 aromatic rings. The summed E-state index contributed by atoms with van der Waals surface area (Å²) in [6.45, 7) is 4.99. The number of nitrogens with zero attached hydrogens (tertiary/aromatic N) is 1. The van der Waals surface area contributed by atoms with Gasteiger partial charge in [0.05, 0.1) is 0 Å². The molecule has 2 fully saturated rings. The van der Waals surface area contributed by atoms with Gasteiger partial charge in [-0.3, -0.25) is 19.8 Å². The van der Waals surface area contributed by atoms with Crippen molar-refractivity contribution in [1.29, 1.82) is 0 Å². The third-order valence-corrected chi connectivity index (χ3v) is 10.3. The molecule has 1 amide bonds. The number of allylic oxidation sites excluding steroid dienone is 3. The van der Waals surface area contributed by atoms with Crippen LogP contribution < -0.4 is 5.48 Å². The van der Waals surface area contributed by atoms with E-state index in [2.05, 4.69) is 43.1 Å². The zero-order valence-electron chi connectivity index (χ0n) is 22.4. The highest BCUT2D eigenvalue weighted by Crippen LogP contribution is 2.66. The van der Waals surface area contributed by atoms with Gasteiger partial charge >= 0.3 is 5.97 Å². The Morgan fingerprint density at radius 1 is 1.05 bits per heavy atom. The fourth-order valence-electron chi connectivity index (χ4n) is 8.30. The predicted molar refractivity (Wildman–Crippen MR) is 142 cm³/mol. The van der Waals surface area contributed by atoms with E-state index in [9.17, 15) is 9.59 Å². The average molecular weight is 507 g/mol. The van der Waals surface area contributed by atoms with Gasteiger partial charge in [-0.25, -0.2) is 5.48 Å². The highest BCUT2D eigenvalue weighted by atomic mass is 16.5. The number of rotatable bonds is 8. The maximum Gasteiger partial charge on any atom is 0.306 e. The van der Waals surface area contributed by atoms with Crippen LogP contribution in [0.15, 0.2) is 42.3 Å². The topological polar surface area (TPSA) is 88.5 Å². The van der Waals surface area contributed by atoms with Gasteiger partial charge in [0.2, 0.25) is 5.91 Å². The fourth-order valence-corrected chi connectivity index (χ4v) is 8.30. The van der Waals surface area contributed by atoms with E-state index < -0.39 is 0 Å². The number of hydrogen-bond donors (Lipinski definition) is 2. The van der Waals surface area contributed by atoms with Crippen molar-refractivity contribution in [2.45, 2.75) is 97.0 Å². The molecule has 1 aromatic heterocycles. The van der Waals surface area contributed by atoms with Crippen molar-refractivity contribution in [2.24, 2.45) is 28.6 Å². The number of amides is 1. The summed E-state index contributed by atoms with van der Waals surface area (Å²) in [4.78, 5) is 27.9. The van der Waals surface area contributed by atoms with Crippen molar-refractivity contribution in [3.63, 3.8) is 0 Å². The van der Waals surface area contributed by atoms with E-state index in [1.54, 1.807) is 5.48 Å². The zero-order chi connectivity index (χ0) is 26.0. The summed E-state index contributed by atoms with van der Waals surface area (Å²) in [5.74, 6) is 1.61. The monoisotopic (exact) mass is 506 g/mol. The Hall–Kier alpha value is -2.47. The van der Waals surface area contributed by atoms with Gasteiger partial charge in [0.15, 0.2) is 0 Å². The van der Waals surface area contributed by atoms with Gasteiger partial charge in [0, 0.05) is 31.7 Å². The maximum absolute atomic E-state index is 12.5. The molecule has 2 saturated carbocycles. The first-order chi connectivity index (χ1) is 17.8. The number of hydrogen-bond acceptors (Lipinski definition) is 5. The van der Waals surface area contributed by atoms with Crippen LogP contribution in [0.1, 0.15) is 96.5 Å². The third-order valence-electron chi connectivity index (χ3n) is 10.3. The minimum absolute atomic E-state index is 0.0114. The van der Waals surface area contributed by atoms with E-state index in [1.165, 1.54) is 36.0 Å². The minimum atomic E-state index is -0.378. The van der Waals surface area contributed by atoms with Gasteiger partial charge in [0.25, 0.3) is 0 Å². The summed E-state index contributed by atoms with van der Waals surface area (Å²) >= 11 is 0. The van der Waals surface area contributed by atoms with Crippen LogP contribution in [0.3, 0.4) is 0 Å². The number of aromatic nitrogens is 1. The van der Waals surface area contributed by atoms with E-state index in [-0.39, 0.29) is 35.2 Å². The fraction of sp³-hybridized carbons (Fsp3) is 0.645. The summed E-state index contributed by atoms with van der Waals surface area (Å²) in [5.41, 5.74) is 6.43. The average Bonchev–Trinajstić information content (AvgIpc) is 3.26. The lowest BCUT2D eigenvalue weighted by Gasteiger charge is -2.57. The second-order valence-electron chi connectivity index (χ2n) is 12.3. The first-order valence-electron chi connectivity index (χ1n) is 14.3. The smallest absolute Gasteiger partial charge is 0.306 e. The number of pyridine rings is 1. The SMILES string of the molecule is C[C@]12CC[C@@H](OC(=O)CCCCCC(=O)NO)CC1=CC[C@@H]1[C@@H]2CC[C@]2(C)C(c3cccnc3)=CC[C@@H]12. The second kappa shape index (κ2) is 10.7. The predicted octanol–water partition coefficient (Wildman–Crippen LogP) is 6.41. The normalized spacial score (nSPS) is 34.4. The number of carbonyl (C=O) groups excluding carboxylic acids is 2. The number of carbonyl (C=O) groups is 2. The molecule has 0 aromatic carbocycles. The van der Waals surface area contributed by atoms with Gasteiger partial charge in [-0.1, -0.05) is 44.1 Å². The van der Waals surface area contributed by atoms with E-state index >= 15 is 0 Å². The van der Waals surface area contributed by atoms with Crippen LogP contribution in [0, 0.1) is 28.6 Å². The molecule has 6 atom stereocenters. The molecule has 200 valence electrons. The Balaban J connectivity index is 1.18. The van der Waals surface area contributed by atoms with Gasteiger partial charge in [-0.2, -0.15) is 0 Å². The summed E-state index contributed by atoms with van der Waals surface area (Å²) in [5, 5.41) is 8.55. The van der Waals surface area contributed by atoms with Gasteiger partial charge < -0.3 is 4.74 Å². The summed E-state index contributed by atoms with van der Waals surface area (Å²) in [6, 6.07) is 4.27. The highest BCUT2D eigenvalue weighted by Gasteiger charge is 2.57. The molecule has 0 aliphatic heterocycles. The van der Waals surface area contributed by atoms with Crippen molar-refractivity contribution >= 4 is 17.4 Å². The van der Waals surface area contributed by atoms with Crippen molar-refractivity contribution < 1.29 is 19.5 Å². The van der Waals surface area contributed by atoms with Gasteiger partial charge in [-0.05, 0) is 97.2 Å². The molecule has 5 rings (SSSR count). The van der Waals surface area contributed by atoms with Crippen LogP contribution in [0.25, 0.3) is 5.57 Å². The number of hydroxylamine groups is 1. The lowest BCUT2D eigenvalue weighted by Crippen LogP contribution is -2.50. The molecule has 4 aliphatic rings. The molecule has 0 bridgehead atoms. The first-order valence-corrected chi connectivity index (χ1v) is 14.3. The Morgan fingerprint density at radius 3 is 2.65 bits per heavy atom. The first kappa shape index (κ1) is 26.1. The Labute approximate surface area is 220 Å². The maximum atomic E-state index is 12.5. The largest absolute Gasteiger partial charge is 0.462 e.